The van der Waals surface area contributed by atoms with Crippen LogP contribution < -0.4 is 15.0 Å². The first-order valence-corrected chi connectivity index (χ1v) is 10.8. The standard InChI is InChI=1S/C23H27N3O2S/c1-14-13-15(2)24-23-20(14)16(3)21(29-23)22(27)25-17-9-11-26(12-10-17)18-5-7-19(28-4)8-6-18/h5-8,13,17H,9-12H2,1-4H3,(H,25,27). The molecule has 3 heterocycles. The molecule has 1 fully saturated rings. The van der Waals surface area contributed by atoms with E-state index in [9.17, 15) is 4.79 Å². The summed E-state index contributed by atoms with van der Waals surface area (Å²) in [5.74, 6) is 0.903. The highest BCUT2D eigenvalue weighted by atomic mass is 32.1. The number of hydrogen-bond donors (Lipinski definition) is 1. The Hall–Kier alpha value is -2.60. The van der Waals surface area contributed by atoms with E-state index in [1.54, 1.807) is 7.11 Å². The third-order valence-corrected chi connectivity index (χ3v) is 6.88. The van der Waals surface area contributed by atoms with Crippen LogP contribution in [0.25, 0.3) is 10.2 Å². The Balaban J connectivity index is 1.42. The van der Waals surface area contributed by atoms with E-state index in [0.29, 0.717) is 0 Å². The third kappa shape index (κ3) is 3.94. The van der Waals surface area contributed by atoms with Crippen molar-refractivity contribution in [2.75, 3.05) is 25.1 Å². The first-order valence-electron chi connectivity index (χ1n) is 10.0. The number of carbonyl (C=O) groups is 1. The topological polar surface area (TPSA) is 54.5 Å². The van der Waals surface area contributed by atoms with Gasteiger partial charge in [0, 0.05) is 35.9 Å². The number of fused-ring (bicyclic) bond motifs is 1. The Labute approximate surface area is 175 Å². The van der Waals surface area contributed by atoms with E-state index < -0.39 is 0 Å². The van der Waals surface area contributed by atoms with Gasteiger partial charge in [-0.3, -0.25) is 4.79 Å². The second-order valence-electron chi connectivity index (χ2n) is 7.75. The lowest BCUT2D eigenvalue weighted by Gasteiger charge is -2.34. The largest absolute Gasteiger partial charge is 0.497 e. The maximum atomic E-state index is 13.0. The number of anilines is 1. The Morgan fingerprint density at radius 3 is 2.52 bits per heavy atom. The normalized spacial score (nSPS) is 15.0. The van der Waals surface area contributed by atoms with Crippen molar-refractivity contribution in [2.24, 2.45) is 0 Å². The maximum Gasteiger partial charge on any atom is 0.261 e. The van der Waals surface area contributed by atoms with Crippen LogP contribution in [0.15, 0.2) is 30.3 Å². The van der Waals surface area contributed by atoms with Crippen LogP contribution in [0.3, 0.4) is 0 Å². The van der Waals surface area contributed by atoms with E-state index >= 15 is 0 Å². The summed E-state index contributed by atoms with van der Waals surface area (Å²) in [5.41, 5.74) is 4.43. The van der Waals surface area contributed by atoms with E-state index in [1.165, 1.54) is 22.6 Å². The molecule has 3 aromatic rings. The Morgan fingerprint density at radius 2 is 1.86 bits per heavy atom. The number of piperidine rings is 1. The van der Waals surface area contributed by atoms with E-state index in [1.807, 2.05) is 26.0 Å². The molecule has 1 saturated heterocycles. The molecule has 152 valence electrons. The average molecular weight is 410 g/mol. The van der Waals surface area contributed by atoms with Crippen molar-refractivity contribution in [2.45, 2.75) is 39.7 Å². The van der Waals surface area contributed by atoms with Gasteiger partial charge in [-0.1, -0.05) is 0 Å². The first-order chi connectivity index (χ1) is 14.0. The Kier molecular flexibility index (Phi) is 5.46. The molecular weight excluding hydrogens is 382 g/mol. The van der Waals surface area contributed by atoms with Crippen LogP contribution in [-0.2, 0) is 0 Å². The van der Waals surface area contributed by atoms with Crippen molar-refractivity contribution in [1.29, 1.82) is 0 Å². The number of amides is 1. The highest BCUT2D eigenvalue weighted by molar-refractivity contribution is 7.20. The molecule has 0 unspecified atom stereocenters. The van der Waals surface area contributed by atoms with Gasteiger partial charge in [0.1, 0.15) is 10.6 Å². The van der Waals surface area contributed by atoms with Gasteiger partial charge in [-0.05, 0) is 75.1 Å². The SMILES string of the molecule is COc1ccc(N2CCC(NC(=O)c3sc4nc(C)cc(C)c4c3C)CC2)cc1. The summed E-state index contributed by atoms with van der Waals surface area (Å²) < 4.78 is 5.24. The number of thiophene rings is 1. The molecule has 0 spiro atoms. The molecule has 1 amide bonds. The van der Waals surface area contributed by atoms with Crippen molar-refractivity contribution in [1.82, 2.24) is 10.3 Å². The quantitative estimate of drug-likeness (QED) is 0.683. The lowest BCUT2D eigenvalue weighted by Crippen LogP contribution is -2.44. The number of pyridine rings is 1. The molecule has 0 bridgehead atoms. The molecule has 6 heteroatoms. The summed E-state index contributed by atoms with van der Waals surface area (Å²) in [6.45, 7) is 7.99. The molecule has 1 aromatic carbocycles. The van der Waals surface area contributed by atoms with Crippen molar-refractivity contribution < 1.29 is 9.53 Å². The Morgan fingerprint density at radius 1 is 1.17 bits per heavy atom. The van der Waals surface area contributed by atoms with E-state index in [0.717, 1.165) is 58.0 Å². The second kappa shape index (κ2) is 8.03. The molecule has 2 aromatic heterocycles. The van der Waals surface area contributed by atoms with Crippen molar-refractivity contribution >= 4 is 33.1 Å². The van der Waals surface area contributed by atoms with Gasteiger partial charge in [0.05, 0.1) is 12.0 Å². The molecule has 29 heavy (non-hydrogen) atoms. The summed E-state index contributed by atoms with van der Waals surface area (Å²) in [6, 6.07) is 10.5. The number of hydrogen-bond acceptors (Lipinski definition) is 5. The zero-order chi connectivity index (χ0) is 20.5. The molecule has 0 saturated carbocycles. The lowest BCUT2D eigenvalue weighted by molar-refractivity contribution is 0.0935. The number of aryl methyl sites for hydroxylation is 3. The molecular formula is C23H27N3O2S. The van der Waals surface area contributed by atoms with Gasteiger partial charge in [0.15, 0.2) is 0 Å². The third-order valence-electron chi connectivity index (χ3n) is 5.70. The summed E-state index contributed by atoms with van der Waals surface area (Å²) in [5, 5.41) is 4.38. The minimum Gasteiger partial charge on any atom is -0.497 e. The number of carbonyl (C=O) groups excluding carboxylic acids is 1. The smallest absolute Gasteiger partial charge is 0.261 e. The predicted octanol–water partition coefficient (Wildman–Crippen LogP) is 4.63. The monoisotopic (exact) mass is 409 g/mol. The van der Waals surface area contributed by atoms with E-state index in [-0.39, 0.29) is 11.9 Å². The highest BCUT2D eigenvalue weighted by Gasteiger charge is 2.24. The second-order valence-corrected chi connectivity index (χ2v) is 8.75. The van der Waals surface area contributed by atoms with Gasteiger partial charge in [0.25, 0.3) is 5.91 Å². The van der Waals surface area contributed by atoms with E-state index in [4.69, 9.17) is 4.74 Å². The van der Waals surface area contributed by atoms with Gasteiger partial charge < -0.3 is 15.0 Å². The minimum absolute atomic E-state index is 0.0328. The van der Waals surface area contributed by atoms with Crippen LogP contribution >= 0.6 is 11.3 Å². The molecule has 0 radical (unpaired) electrons. The van der Waals surface area contributed by atoms with Gasteiger partial charge in [-0.15, -0.1) is 11.3 Å². The fraction of sp³-hybridized carbons (Fsp3) is 0.391. The number of rotatable bonds is 4. The van der Waals surface area contributed by atoms with Crippen molar-refractivity contribution in [3.63, 3.8) is 0 Å². The van der Waals surface area contributed by atoms with Crippen LogP contribution in [-0.4, -0.2) is 37.1 Å². The molecule has 1 aliphatic rings. The molecule has 5 nitrogen and oxygen atoms in total. The summed E-state index contributed by atoms with van der Waals surface area (Å²) in [7, 11) is 1.68. The fourth-order valence-corrected chi connectivity index (χ4v) is 5.37. The molecule has 4 rings (SSSR count). The minimum atomic E-state index is 0.0328. The van der Waals surface area contributed by atoms with Crippen molar-refractivity contribution in [3.8, 4) is 5.75 Å². The summed E-state index contributed by atoms with van der Waals surface area (Å²) in [4.78, 5) is 21.7. The van der Waals surface area contributed by atoms with Gasteiger partial charge in [0.2, 0.25) is 0 Å². The van der Waals surface area contributed by atoms with Gasteiger partial charge in [-0.25, -0.2) is 4.98 Å². The number of benzene rings is 1. The summed E-state index contributed by atoms with van der Waals surface area (Å²) in [6.07, 6.45) is 1.89. The first kappa shape index (κ1) is 19.7. The number of aromatic nitrogens is 1. The predicted molar refractivity (Wildman–Crippen MR) is 120 cm³/mol. The molecule has 0 aliphatic carbocycles. The number of methoxy groups -OCH3 is 1. The van der Waals surface area contributed by atoms with E-state index in [2.05, 4.69) is 40.3 Å². The zero-order valence-corrected chi connectivity index (χ0v) is 18.2. The summed E-state index contributed by atoms with van der Waals surface area (Å²) >= 11 is 1.50. The number of nitrogens with one attached hydrogen (secondary N) is 1. The van der Waals surface area contributed by atoms with Crippen LogP contribution in [0.5, 0.6) is 5.75 Å². The lowest BCUT2D eigenvalue weighted by atomic mass is 10.0. The van der Waals surface area contributed by atoms with Crippen LogP contribution in [0.4, 0.5) is 5.69 Å². The van der Waals surface area contributed by atoms with Gasteiger partial charge >= 0.3 is 0 Å². The molecule has 1 aliphatic heterocycles. The average Bonchev–Trinajstić information content (AvgIpc) is 3.05. The maximum absolute atomic E-state index is 13.0. The molecule has 1 N–H and O–H groups in total. The van der Waals surface area contributed by atoms with Crippen LogP contribution in [0.2, 0.25) is 0 Å². The van der Waals surface area contributed by atoms with Crippen LogP contribution in [0.1, 0.15) is 39.3 Å². The molecule has 0 atom stereocenters. The van der Waals surface area contributed by atoms with Gasteiger partial charge in [-0.2, -0.15) is 0 Å². The highest BCUT2D eigenvalue weighted by Crippen LogP contribution is 2.32. The fourth-order valence-electron chi connectivity index (χ4n) is 4.16. The van der Waals surface area contributed by atoms with Crippen molar-refractivity contribution in [3.05, 3.63) is 52.0 Å². The Bertz CT molecular complexity index is 1030. The number of ether oxygens (including phenoxy) is 1. The van der Waals surface area contributed by atoms with Crippen LogP contribution in [0, 0.1) is 20.8 Å². The number of nitrogens with zero attached hydrogens (tertiary/aromatic N) is 2. The zero-order valence-electron chi connectivity index (χ0n) is 17.4.